The maximum Gasteiger partial charge on any atom is 0.145 e. The fraction of sp³-hybridized carbons (Fsp3) is 0.429. The molecule has 0 aromatic carbocycles. The van der Waals surface area contributed by atoms with Crippen LogP contribution in [-0.4, -0.2) is 6.29 Å². The summed E-state index contributed by atoms with van der Waals surface area (Å²) in [6, 6.07) is 0. The van der Waals surface area contributed by atoms with Crippen molar-refractivity contribution in [3.8, 4) is 0 Å². The summed E-state index contributed by atoms with van der Waals surface area (Å²) < 4.78 is 0. The molecule has 0 radical (unpaired) electrons. The molecule has 0 aliphatic heterocycles. The van der Waals surface area contributed by atoms with E-state index >= 15 is 0 Å². The zero-order valence-corrected chi connectivity index (χ0v) is 9.88. The minimum Gasteiger partial charge on any atom is -0.298 e. The van der Waals surface area contributed by atoms with E-state index < -0.39 is 0 Å². The smallest absolute Gasteiger partial charge is 0.145 e. The molecule has 0 spiro atoms. The Bertz CT molecular complexity index is 259. The van der Waals surface area contributed by atoms with Crippen LogP contribution in [0, 0.1) is 6.42 Å². The highest BCUT2D eigenvalue weighted by atomic mass is 16.1. The molecule has 0 atom stereocenters. The van der Waals surface area contributed by atoms with Crippen molar-refractivity contribution in [2.24, 2.45) is 0 Å². The van der Waals surface area contributed by atoms with Crippen LogP contribution in [0.25, 0.3) is 0 Å². The number of hydrogen-bond donors (Lipinski definition) is 0. The summed E-state index contributed by atoms with van der Waals surface area (Å²) in [5.41, 5.74) is 3.15. The van der Waals surface area contributed by atoms with Crippen LogP contribution in [0.4, 0.5) is 0 Å². The predicted molar refractivity (Wildman–Crippen MR) is 66.5 cm³/mol. The molecule has 1 nitrogen and oxygen atoms in total. The summed E-state index contributed by atoms with van der Waals surface area (Å²) in [5.74, 6) is 0. The van der Waals surface area contributed by atoms with Crippen molar-refractivity contribution in [2.45, 2.75) is 39.5 Å². The van der Waals surface area contributed by atoms with Crippen LogP contribution in [-0.2, 0) is 4.79 Å². The van der Waals surface area contributed by atoms with Crippen LogP contribution in [0.1, 0.15) is 39.5 Å². The first-order valence-electron chi connectivity index (χ1n) is 5.33. The van der Waals surface area contributed by atoms with E-state index in [1.165, 1.54) is 5.57 Å². The van der Waals surface area contributed by atoms with E-state index in [4.69, 9.17) is 0 Å². The van der Waals surface area contributed by atoms with Gasteiger partial charge in [-0.3, -0.25) is 4.79 Å². The van der Waals surface area contributed by atoms with Gasteiger partial charge in [0.1, 0.15) is 6.29 Å². The van der Waals surface area contributed by atoms with Crippen molar-refractivity contribution >= 4 is 6.29 Å². The average Bonchev–Trinajstić information content (AvgIpc) is 2.17. The average molecular weight is 205 g/mol. The van der Waals surface area contributed by atoms with Crippen molar-refractivity contribution in [2.75, 3.05) is 0 Å². The second-order valence-corrected chi connectivity index (χ2v) is 3.96. The van der Waals surface area contributed by atoms with Crippen LogP contribution >= 0.6 is 0 Å². The van der Waals surface area contributed by atoms with Gasteiger partial charge >= 0.3 is 0 Å². The number of rotatable bonds is 8. The van der Waals surface area contributed by atoms with Gasteiger partial charge in [-0.1, -0.05) is 11.6 Å². The Balaban J connectivity index is 3.58. The molecule has 0 saturated heterocycles. The number of allylic oxidation sites excluding steroid dienone is 4. The lowest BCUT2D eigenvalue weighted by atomic mass is 10.0. The predicted octanol–water partition coefficient (Wildman–Crippen LogP) is 4.03. The summed E-state index contributed by atoms with van der Waals surface area (Å²) in [6.45, 7) is 11.7. The standard InChI is InChI=1S/C14H21O/c1-12(2)7-5-8-13(3)9-6-10-14(4)11-15/h8,10-11H,1,3,5-7,9H2,2,4H3/q+1/b14-10-. The lowest BCUT2D eigenvalue weighted by Gasteiger charge is -1.97. The van der Waals surface area contributed by atoms with E-state index in [1.807, 2.05) is 19.9 Å². The SMILES string of the molecule is C=C(C)CC[CH+]C(=C)CC/C=C(/C)C=O. The minimum absolute atomic E-state index is 0.796. The monoisotopic (exact) mass is 205 g/mol. The normalized spacial score (nSPS) is 10.9. The Kier molecular flexibility index (Phi) is 7.43. The van der Waals surface area contributed by atoms with E-state index in [0.29, 0.717) is 0 Å². The third kappa shape index (κ3) is 9.07. The highest BCUT2D eigenvalue weighted by molar-refractivity contribution is 5.71. The molecule has 0 aliphatic carbocycles. The van der Waals surface area contributed by atoms with Gasteiger partial charge in [0.15, 0.2) is 0 Å². The molecular weight excluding hydrogens is 184 g/mol. The largest absolute Gasteiger partial charge is 0.298 e. The van der Waals surface area contributed by atoms with Crippen LogP contribution < -0.4 is 0 Å². The molecule has 0 aromatic heterocycles. The zero-order valence-electron chi connectivity index (χ0n) is 9.88. The first-order chi connectivity index (χ1) is 7.06. The Morgan fingerprint density at radius 3 is 2.47 bits per heavy atom. The third-order valence-corrected chi connectivity index (χ3v) is 2.12. The summed E-state index contributed by atoms with van der Waals surface area (Å²) in [5, 5.41) is 0. The van der Waals surface area contributed by atoms with E-state index in [9.17, 15) is 4.79 Å². The first-order valence-corrected chi connectivity index (χ1v) is 5.33. The molecule has 0 heterocycles. The summed E-state index contributed by atoms with van der Waals surface area (Å²) in [6.07, 6.45) is 8.86. The van der Waals surface area contributed by atoms with Crippen LogP contribution in [0.2, 0.25) is 0 Å². The number of hydrogen-bond acceptors (Lipinski definition) is 1. The Morgan fingerprint density at radius 2 is 1.93 bits per heavy atom. The molecular formula is C14H21O+. The lowest BCUT2D eigenvalue weighted by Crippen LogP contribution is -1.85. The fourth-order valence-corrected chi connectivity index (χ4v) is 1.16. The van der Waals surface area contributed by atoms with Gasteiger partial charge in [0.2, 0.25) is 0 Å². The Hall–Kier alpha value is -1.24. The van der Waals surface area contributed by atoms with Gasteiger partial charge in [0, 0.05) is 25.8 Å². The molecule has 0 amide bonds. The second kappa shape index (κ2) is 8.10. The van der Waals surface area contributed by atoms with Gasteiger partial charge in [-0.2, -0.15) is 0 Å². The Morgan fingerprint density at radius 1 is 1.27 bits per heavy atom. The van der Waals surface area contributed by atoms with Crippen molar-refractivity contribution < 1.29 is 4.79 Å². The van der Waals surface area contributed by atoms with Crippen LogP contribution in [0.5, 0.6) is 0 Å². The van der Waals surface area contributed by atoms with Gasteiger partial charge in [0.05, 0.1) is 5.57 Å². The minimum atomic E-state index is 0.796. The molecule has 0 fully saturated rings. The number of carbonyl (C=O) groups excluding carboxylic acids is 1. The maximum absolute atomic E-state index is 10.3. The molecule has 0 aliphatic rings. The van der Waals surface area contributed by atoms with Gasteiger partial charge in [-0.05, 0) is 32.3 Å². The molecule has 0 N–H and O–H groups in total. The second-order valence-electron chi connectivity index (χ2n) is 3.96. The van der Waals surface area contributed by atoms with Crippen molar-refractivity contribution in [3.63, 3.8) is 0 Å². The molecule has 0 rings (SSSR count). The topological polar surface area (TPSA) is 17.1 Å². The van der Waals surface area contributed by atoms with Gasteiger partial charge in [-0.25, -0.2) is 0 Å². The van der Waals surface area contributed by atoms with Crippen LogP contribution in [0.15, 0.2) is 36.0 Å². The highest BCUT2D eigenvalue weighted by Gasteiger charge is 2.02. The zero-order chi connectivity index (χ0) is 11.7. The molecule has 82 valence electrons. The first kappa shape index (κ1) is 13.8. The van der Waals surface area contributed by atoms with E-state index in [2.05, 4.69) is 19.6 Å². The number of aldehydes is 1. The summed E-state index contributed by atoms with van der Waals surface area (Å²) in [7, 11) is 0. The highest BCUT2D eigenvalue weighted by Crippen LogP contribution is 2.13. The van der Waals surface area contributed by atoms with Crippen LogP contribution in [0.3, 0.4) is 0 Å². The van der Waals surface area contributed by atoms with Crippen molar-refractivity contribution in [1.29, 1.82) is 0 Å². The third-order valence-electron chi connectivity index (χ3n) is 2.12. The van der Waals surface area contributed by atoms with Gasteiger partial charge < -0.3 is 0 Å². The van der Waals surface area contributed by atoms with Gasteiger partial charge in [0.25, 0.3) is 0 Å². The molecule has 15 heavy (non-hydrogen) atoms. The molecule has 1 heteroatoms. The van der Waals surface area contributed by atoms with Gasteiger partial charge in [-0.15, -0.1) is 6.58 Å². The molecule has 0 aromatic rings. The molecule has 0 unspecified atom stereocenters. The van der Waals surface area contributed by atoms with Crippen molar-refractivity contribution in [1.82, 2.24) is 0 Å². The lowest BCUT2D eigenvalue weighted by molar-refractivity contribution is -0.104. The van der Waals surface area contributed by atoms with Crippen molar-refractivity contribution in [3.05, 3.63) is 42.4 Å². The maximum atomic E-state index is 10.3. The van der Waals surface area contributed by atoms with E-state index in [1.54, 1.807) is 0 Å². The van der Waals surface area contributed by atoms with E-state index in [-0.39, 0.29) is 0 Å². The molecule has 0 bridgehead atoms. The fourth-order valence-electron chi connectivity index (χ4n) is 1.16. The summed E-state index contributed by atoms with van der Waals surface area (Å²) in [4.78, 5) is 10.3. The van der Waals surface area contributed by atoms with E-state index in [0.717, 1.165) is 43.1 Å². The Labute approximate surface area is 93.6 Å². The number of carbonyl (C=O) groups is 1. The quantitative estimate of drug-likeness (QED) is 0.253. The molecule has 0 saturated carbocycles. The summed E-state index contributed by atoms with van der Waals surface area (Å²) >= 11 is 0.